The second-order valence-electron chi connectivity index (χ2n) is 6.06. The van der Waals surface area contributed by atoms with E-state index in [1.165, 1.54) is 12.1 Å². The predicted molar refractivity (Wildman–Crippen MR) is 105 cm³/mol. The summed E-state index contributed by atoms with van der Waals surface area (Å²) in [6.07, 6.45) is 1.04. The Balaban J connectivity index is 2.19. The van der Waals surface area contributed by atoms with Gasteiger partial charge in [-0.05, 0) is 49.6 Å². The molecule has 27 heavy (non-hydrogen) atoms. The summed E-state index contributed by atoms with van der Waals surface area (Å²) in [4.78, 5) is 12.6. The molecule has 0 saturated heterocycles. The molecule has 2 rings (SSSR count). The number of sulfonamides is 1. The molecule has 6 nitrogen and oxygen atoms in total. The molecule has 0 fully saturated rings. The molecule has 0 radical (unpaired) electrons. The summed E-state index contributed by atoms with van der Waals surface area (Å²) in [5, 5.41) is 2.77. The number of carbonyl (C=O) groups excluding carboxylic acids is 1. The monoisotopic (exact) mass is 390 g/mol. The SMILES string of the molecule is CCCNC(=O)[C@H](Cc1ccccc1)NS(=O)(=O)c1ccc(OCC)cc1. The van der Waals surface area contributed by atoms with Crippen molar-refractivity contribution in [3.05, 3.63) is 60.2 Å². The van der Waals surface area contributed by atoms with Crippen molar-refractivity contribution in [2.75, 3.05) is 13.2 Å². The number of ether oxygens (including phenoxy) is 1. The van der Waals surface area contributed by atoms with Gasteiger partial charge in [0.2, 0.25) is 15.9 Å². The summed E-state index contributed by atoms with van der Waals surface area (Å²) < 4.78 is 33.4. The summed E-state index contributed by atoms with van der Waals surface area (Å²) >= 11 is 0. The molecule has 0 saturated carbocycles. The van der Waals surface area contributed by atoms with Crippen LogP contribution in [-0.2, 0) is 21.2 Å². The van der Waals surface area contributed by atoms with Gasteiger partial charge in [0.05, 0.1) is 11.5 Å². The van der Waals surface area contributed by atoms with E-state index in [0.717, 1.165) is 12.0 Å². The van der Waals surface area contributed by atoms with Crippen LogP contribution in [0.2, 0.25) is 0 Å². The molecule has 0 aromatic heterocycles. The van der Waals surface area contributed by atoms with E-state index in [4.69, 9.17) is 4.74 Å². The van der Waals surface area contributed by atoms with Crippen LogP contribution >= 0.6 is 0 Å². The average Bonchev–Trinajstić information content (AvgIpc) is 2.67. The molecule has 7 heteroatoms. The number of nitrogens with one attached hydrogen (secondary N) is 2. The average molecular weight is 391 g/mol. The Morgan fingerprint density at radius 2 is 1.70 bits per heavy atom. The van der Waals surface area contributed by atoms with Gasteiger partial charge in [-0.25, -0.2) is 8.42 Å². The van der Waals surface area contributed by atoms with Crippen LogP contribution in [0.1, 0.15) is 25.8 Å². The third-order valence-electron chi connectivity index (χ3n) is 3.89. The molecule has 2 N–H and O–H groups in total. The molecular weight excluding hydrogens is 364 g/mol. The van der Waals surface area contributed by atoms with E-state index >= 15 is 0 Å². The van der Waals surface area contributed by atoms with Crippen molar-refractivity contribution in [1.29, 1.82) is 0 Å². The first-order valence-electron chi connectivity index (χ1n) is 9.03. The standard InChI is InChI=1S/C20H26N2O4S/c1-3-14-21-20(23)19(15-16-8-6-5-7-9-16)22-27(24,25)18-12-10-17(11-13-18)26-4-2/h5-13,19,22H,3-4,14-15H2,1-2H3,(H,21,23)/t19-/m0/s1. The molecular formula is C20H26N2O4S. The van der Waals surface area contributed by atoms with Crippen molar-refractivity contribution in [1.82, 2.24) is 10.0 Å². The number of rotatable bonds is 10. The first-order chi connectivity index (χ1) is 13.0. The number of benzene rings is 2. The number of amides is 1. The summed E-state index contributed by atoms with van der Waals surface area (Å²) in [7, 11) is -3.85. The van der Waals surface area contributed by atoms with Gasteiger partial charge in [0, 0.05) is 6.54 Å². The smallest absolute Gasteiger partial charge is 0.241 e. The second-order valence-corrected chi connectivity index (χ2v) is 7.77. The lowest BCUT2D eigenvalue weighted by Gasteiger charge is -2.19. The largest absolute Gasteiger partial charge is 0.494 e. The van der Waals surface area contributed by atoms with Gasteiger partial charge in [-0.1, -0.05) is 37.3 Å². The molecule has 0 bridgehead atoms. The zero-order valence-electron chi connectivity index (χ0n) is 15.6. The minimum absolute atomic E-state index is 0.0901. The van der Waals surface area contributed by atoms with Crippen LogP contribution in [0.3, 0.4) is 0 Å². The summed E-state index contributed by atoms with van der Waals surface area (Å²) in [6, 6.07) is 14.6. The van der Waals surface area contributed by atoms with E-state index in [1.807, 2.05) is 44.2 Å². The molecule has 2 aromatic rings. The maximum atomic E-state index is 12.7. The van der Waals surface area contributed by atoms with Crippen LogP contribution in [0.4, 0.5) is 0 Å². The Morgan fingerprint density at radius 3 is 2.30 bits per heavy atom. The van der Waals surface area contributed by atoms with E-state index in [9.17, 15) is 13.2 Å². The predicted octanol–water partition coefficient (Wildman–Crippen LogP) is 2.50. The molecule has 0 aliphatic carbocycles. The van der Waals surface area contributed by atoms with Gasteiger partial charge < -0.3 is 10.1 Å². The normalized spacial score (nSPS) is 12.4. The molecule has 0 unspecified atom stereocenters. The summed E-state index contributed by atoms with van der Waals surface area (Å²) in [6.45, 7) is 4.79. The third-order valence-corrected chi connectivity index (χ3v) is 5.38. The van der Waals surface area contributed by atoms with Gasteiger partial charge in [-0.3, -0.25) is 4.79 Å². The summed E-state index contributed by atoms with van der Waals surface area (Å²) in [5.41, 5.74) is 0.878. The molecule has 0 spiro atoms. The summed E-state index contributed by atoms with van der Waals surface area (Å²) in [5.74, 6) is 0.258. The van der Waals surface area contributed by atoms with Crippen LogP contribution in [0, 0.1) is 0 Å². The Morgan fingerprint density at radius 1 is 1.04 bits per heavy atom. The lowest BCUT2D eigenvalue weighted by Crippen LogP contribution is -2.48. The van der Waals surface area contributed by atoms with E-state index in [2.05, 4.69) is 10.0 Å². The Kier molecular flexibility index (Phi) is 7.82. The molecule has 1 atom stereocenters. The highest BCUT2D eigenvalue weighted by atomic mass is 32.2. The minimum atomic E-state index is -3.85. The first-order valence-corrected chi connectivity index (χ1v) is 10.5. The molecule has 0 aliphatic rings. The molecule has 0 aliphatic heterocycles. The lowest BCUT2D eigenvalue weighted by atomic mass is 10.1. The van der Waals surface area contributed by atoms with Crippen molar-refractivity contribution in [3.8, 4) is 5.75 Å². The fourth-order valence-electron chi connectivity index (χ4n) is 2.55. The van der Waals surface area contributed by atoms with Gasteiger partial charge in [-0.15, -0.1) is 0 Å². The van der Waals surface area contributed by atoms with E-state index < -0.39 is 16.1 Å². The maximum Gasteiger partial charge on any atom is 0.241 e. The van der Waals surface area contributed by atoms with Crippen molar-refractivity contribution in [2.24, 2.45) is 0 Å². The van der Waals surface area contributed by atoms with Crippen molar-refractivity contribution < 1.29 is 17.9 Å². The van der Waals surface area contributed by atoms with Crippen LogP contribution in [0.25, 0.3) is 0 Å². The second kappa shape index (κ2) is 10.1. The van der Waals surface area contributed by atoms with E-state index in [-0.39, 0.29) is 17.2 Å². The fraction of sp³-hybridized carbons (Fsp3) is 0.350. The highest BCUT2D eigenvalue weighted by molar-refractivity contribution is 7.89. The zero-order chi connectivity index (χ0) is 19.7. The quantitative estimate of drug-likeness (QED) is 0.653. The highest BCUT2D eigenvalue weighted by Crippen LogP contribution is 2.17. The topological polar surface area (TPSA) is 84.5 Å². The Bertz CT molecular complexity index is 821. The molecule has 146 valence electrons. The van der Waals surface area contributed by atoms with Crippen LogP contribution in [0.15, 0.2) is 59.5 Å². The van der Waals surface area contributed by atoms with Crippen molar-refractivity contribution in [2.45, 2.75) is 37.6 Å². The molecule has 0 heterocycles. The number of hydrogen-bond acceptors (Lipinski definition) is 4. The third kappa shape index (κ3) is 6.37. The van der Waals surface area contributed by atoms with E-state index in [0.29, 0.717) is 18.9 Å². The van der Waals surface area contributed by atoms with E-state index in [1.54, 1.807) is 12.1 Å². The van der Waals surface area contributed by atoms with Crippen molar-refractivity contribution >= 4 is 15.9 Å². The molecule has 1 amide bonds. The lowest BCUT2D eigenvalue weighted by molar-refractivity contribution is -0.122. The number of hydrogen-bond donors (Lipinski definition) is 2. The van der Waals surface area contributed by atoms with Gasteiger partial charge in [0.25, 0.3) is 0 Å². The van der Waals surface area contributed by atoms with Crippen molar-refractivity contribution in [3.63, 3.8) is 0 Å². The fourth-order valence-corrected chi connectivity index (χ4v) is 3.74. The first kappa shape index (κ1) is 20.9. The van der Waals surface area contributed by atoms with Gasteiger partial charge in [0.15, 0.2) is 0 Å². The van der Waals surface area contributed by atoms with Crippen LogP contribution in [0.5, 0.6) is 5.75 Å². The number of carbonyl (C=O) groups is 1. The zero-order valence-corrected chi connectivity index (χ0v) is 16.5. The molecule has 2 aromatic carbocycles. The minimum Gasteiger partial charge on any atom is -0.494 e. The Hall–Kier alpha value is -2.38. The maximum absolute atomic E-state index is 12.7. The van der Waals surface area contributed by atoms with Gasteiger partial charge >= 0.3 is 0 Å². The Labute approximate surface area is 161 Å². The van der Waals surface area contributed by atoms with Crippen LogP contribution in [-0.4, -0.2) is 33.5 Å². The van der Waals surface area contributed by atoms with Crippen LogP contribution < -0.4 is 14.8 Å². The highest BCUT2D eigenvalue weighted by Gasteiger charge is 2.25. The van der Waals surface area contributed by atoms with Gasteiger partial charge in [0.1, 0.15) is 11.8 Å². The van der Waals surface area contributed by atoms with Gasteiger partial charge in [-0.2, -0.15) is 4.72 Å².